The number of rotatable bonds is 7. The van der Waals surface area contributed by atoms with Crippen molar-refractivity contribution in [2.24, 2.45) is 0 Å². The molecule has 0 aromatic heterocycles. The van der Waals surface area contributed by atoms with Crippen LogP contribution >= 0.6 is 0 Å². The number of benzene rings is 3. The summed E-state index contributed by atoms with van der Waals surface area (Å²) in [5.41, 5.74) is 1.17. The Balaban J connectivity index is 1.64. The van der Waals surface area contributed by atoms with Gasteiger partial charge in [-0.15, -0.1) is 0 Å². The summed E-state index contributed by atoms with van der Waals surface area (Å²) in [5.74, 6) is -0.142. The van der Waals surface area contributed by atoms with E-state index in [1.807, 2.05) is 49.9 Å². The van der Waals surface area contributed by atoms with Gasteiger partial charge >= 0.3 is 6.09 Å². The number of likely N-dealkylation sites (tertiary alicyclic amines) is 1. The highest BCUT2D eigenvalue weighted by molar-refractivity contribution is 5.91. The van der Waals surface area contributed by atoms with Gasteiger partial charge in [-0.1, -0.05) is 36.4 Å². The van der Waals surface area contributed by atoms with E-state index in [0.717, 1.165) is 16.3 Å². The summed E-state index contributed by atoms with van der Waals surface area (Å²) in [6, 6.07) is 16.8. The number of carbonyl (C=O) groups is 2. The largest absolute Gasteiger partial charge is 0.495 e. The highest BCUT2D eigenvalue weighted by Gasteiger charge is 2.38. The minimum Gasteiger partial charge on any atom is -0.495 e. The molecule has 9 heteroatoms. The summed E-state index contributed by atoms with van der Waals surface area (Å²) < 4.78 is 25.1. The standard InChI is InChI=1S/C32H37FN4O4/c1-32(2,3)41-31(39)36(5)25-15-16-37(19-25)28(21-11-13-24(33)14-12-21)30(38)35(4)20-27-26-10-8-7-9-22(26)17-23(18-34)29(27)40-6/h7-14,17,25,28H,15-16,19-20H2,1-6H3/t25-,28?/m1/s1. The topological polar surface area (TPSA) is 86.1 Å². The first kappa shape index (κ1) is 29.8. The molecule has 4 rings (SSSR count). The maximum Gasteiger partial charge on any atom is 0.410 e. The highest BCUT2D eigenvalue weighted by atomic mass is 19.1. The highest BCUT2D eigenvalue weighted by Crippen LogP contribution is 2.35. The van der Waals surface area contributed by atoms with Crippen molar-refractivity contribution in [3.8, 4) is 11.8 Å². The van der Waals surface area contributed by atoms with Crippen LogP contribution in [0.1, 0.15) is 49.9 Å². The Bertz CT molecular complexity index is 1460. The van der Waals surface area contributed by atoms with Crippen LogP contribution in [0.5, 0.6) is 5.75 Å². The Morgan fingerprint density at radius 2 is 1.83 bits per heavy atom. The number of methoxy groups -OCH3 is 1. The third-order valence-electron chi connectivity index (χ3n) is 7.41. The van der Waals surface area contributed by atoms with E-state index in [1.165, 1.54) is 19.2 Å². The number of carbonyl (C=O) groups excluding carboxylic acids is 2. The predicted octanol–water partition coefficient (Wildman–Crippen LogP) is 5.50. The van der Waals surface area contributed by atoms with E-state index in [0.29, 0.717) is 36.4 Å². The zero-order valence-electron chi connectivity index (χ0n) is 24.5. The van der Waals surface area contributed by atoms with Gasteiger partial charge in [0.2, 0.25) is 5.91 Å². The van der Waals surface area contributed by atoms with Crippen LogP contribution < -0.4 is 4.74 Å². The fourth-order valence-corrected chi connectivity index (χ4v) is 5.36. The Kier molecular flexibility index (Phi) is 8.83. The molecule has 8 nitrogen and oxygen atoms in total. The second-order valence-corrected chi connectivity index (χ2v) is 11.4. The number of hydrogen-bond acceptors (Lipinski definition) is 6. The maximum atomic E-state index is 14.2. The van der Waals surface area contributed by atoms with Crippen molar-refractivity contribution in [1.29, 1.82) is 5.26 Å². The molecule has 1 heterocycles. The van der Waals surface area contributed by atoms with E-state index in [4.69, 9.17) is 9.47 Å². The van der Waals surface area contributed by atoms with Crippen molar-refractivity contribution in [1.82, 2.24) is 14.7 Å². The van der Waals surface area contributed by atoms with Gasteiger partial charge in [-0.05, 0) is 61.7 Å². The molecule has 1 saturated heterocycles. The molecular formula is C32H37FN4O4. The third-order valence-corrected chi connectivity index (χ3v) is 7.41. The normalized spacial score (nSPS) is 16.2. The van der Waals surface area contributed by atoms with Crippen molar-refractivity contribution in [3.05, 3.63) is 77.1 Å². The second-order valence-electron chi connectivity index (χ2n) is 11.4. The fourth-order valence-electron chi connectivity index (χ4n) is 5.36. The van der Waals surface area contributed by atoms with Crippen molar-refractivity contribution in [2.75, 3.05) is 34.3 Å². The van der Waals surface area contributed by atoms with Gasteiger partial charge in [0.05, 0.1) is 12.7 Å². The van der Waals surface area contributed by atoms with Crippen LogP contribution in [0.15, 0.2) is 54.6 Å². The molecule has 1 aliphatic heterocycles. The molecule has 0 spiro atoms. The van der Waals surface area contributed by atoms with E-state index in [-0.39, 0.29) is 24.3 Å². The molecule has 3 aromatic carbocycles. The summed E-state index contributed by atoms with van der Waals surface area (Å²) >= 11 is 0. The first-order valence-corrected chi connectivity index (χ1v) is 13.6. The van der Waals surface area contributed by atoms with Crippen LogP contribution in [0.3, 0.4) is 0 Å². The number of nitriles is 1. The van der Waals surface area contributed by atoms with E-state index >= 15 is 0 Å². The summed E-state index contributed by atoms with van der Waals surface area (Å²) in [4.78, 5) is 32.1. The molecule has 1 unspecified atom stereocenters. The summed E-state index contributed by atoms with van der Waals surface area (Å²) in [6.45, 7) is 6.68. The van der Waals surface area contributed by atoms with Crippen LogP contribution in [0.25, 0.3) is 10.8 Å². The summed E-state index contributed by atoms with van der Waals surface area (Å²) in [5, 5.41) is 11.5. The number of nitrogens with zero attached hydrogens (tertiary/aromatic N) is 4. The lowest BCUT2D eigenvalue weighted by molar-refractivity contribution is -0.136. The van der Waals surface area contributed by atoms with Gasteiger partial charge in [-0.3, -0.25) is 9.69 Å². The summed E-state index contributed by atoms with van der Waals surface area (Å²) in [6.07, 6.45) is 0.245. The van der Waals surface area contributed by atoms with Gasteiger partial charge in [0.25, 0.3) is 0 Å². The molecule has 2 amide bonds. The molecule has 0 radical (unpaired) electrons. The van der Waals surface area contributed by atoms with Crippen molar-refractivity contribution in [2.45, 2.75) is 51.4 Å². The van der Waals surface area contributed by atoms with Crippen LogP contribution in [0.2, 0.25) is 0 Å². The smallest absolute Gasteiger partial charge is 0.410 e. The first-order chi connectivity index (χ1) is 19.4. The molecule has 0 aliphatic carbocycles. The van der Waals surface area contributed by atoms with E-state index in [9.17, 15) is 19.2 Å². The van der Waals surface area contributed by atoms with Gasteiger partial charge in [-0.25, -0.2) is 9.18 Å². The summed E-state index contributed by atoms with van der Waals surface area (Å²) in [7, 11) is 4.94. The van der Waals surface area contributed by atoms with Gasteiger partial charge < -0.3 is 19.3 Å². The zero-order chi connectivity index (χ0) is 29.9. The Labute approximate surface area is 240 Å². The molecule has 0 N–H and O–H groups in total. The number of likely N-dealkylation sites (N-methyl/N-ethyl adjacent to an activating group) is 2. The second kappa shape index (κ2) is 12.1. The van der Waals surface area contributed by atoms with Crippen molar-refractivity contribution < 1.29 is 23.5 Å². The molecule has 41 heavy (non-hydrogen) atoms. The Hall–Kier alpha value is -4.16. The number of ether oxygens (including phenoxy) is 2. The molecular weight excluding hydrogens is 523 g/mol. The SMILES string of the molecule is COc1c(C#N)cc2ccccc2c1CN(C)C(=O)C(c1ccc(F)cc1)N1CC[C@@H](N(C)C(=O)OC(C)(C)C)C1. The molecule has 3 aromatic rings. The Morgan fingerprint density at radius 3 is 2.46 bits per heavy atom. The van der Waals surface area contributed by atoms with Crippen LogP contribution in [0.4, 0.5) is 9.18 Å². The van der Waals surface area contributed by atoms with Gasteiger partial charge in [0, 0.05) is 45.3 Å². The predicted molar refractivity (Wildman–Crippen MR) is 155 cm³/mol. The van der Waals surface area contributed by atoms with E-state index in [1.54, 1.807) is 42.1 Å². The number of hydrogen-bond donors (Lipinski definition) is 0. The molecule has 1 fully saturated rings. The minimum absolute atomic E-state index is 0.151. The van der Waals surface area contributed by atoms with E-state index in [2.05, 4.69) is 6.07 Å². The monoisotopic (exact) mass is 560 g/mol. The van der Waals surface area contributed by atoms with Gasteiger partial charge in [0.15, 0.2) is 0 Å². The quantitative estimate of drug-likeness (QED) is 0.379. The van der Waals surface area contributed by atoms with Gasteiger partial charge in [0.1, 0.15) is 29.3 Å². The lowest BCUT2D eigenvalue weighted by Crippen LogP contribution is -2.44. The Morgan fingerprint density at radius 1 is 1.15 bits per heavy atom. The maximum absolute atomic E-state index is 14.2. The van der Waals surface area contributed by atoms with Crippen molar-refractivity contribution >= 4 is 22.8 Å². The first-order valence-electron chi connectivity index (χ1n) is 13.6. The van der Waals surface area contributed by atoms with Crippen LogP contribution in [-0.4, -0.2) is 72.6 Å². The molecule has 0 saturated carbocycles. The van der Waals surface area contributed by atoms with Crippen LogP contribution in [-0.2, 0) is 16.1 Å². The fraction of sp³-hybridized carbons (Fsp3) is 0.406. The molecule has 216 valence electrons. The lowest BCUT2D eigenvalue weighted by Gasteiger charge is -2.33. The van der Waals surface area contributed by atoms with Crippen LogP contribution in [0, 0.1) is 17.1 Å². The van der Waals surface area contributed by atoms with Crippen molar-refractivity contribution in [3.63, 3.8) is 0 Å². The molecule has 1 aliphatic rings. The lowest BCUT2D eigenvalue weighted by atomic mass is 9.98. The zero-order valence-corrected chi connectivity index (χ0v) is 24.5. The third kappa shape index (κ3) is 6.60. The van der Waals surface area contributed by atoms with E-state index < -0.39 is 17.7 Å². The van der Waals surface area contributed by atoms with Gasteiger partial charge in [-0.2, -0.15) is 5.26 Å². The number of amides is 2. The minimum atomic E-state index is -0.700. The number of halogens is 1. The molecule has 2 atom stereocenters. The average Bonchev–Trinajstić information content (AvgIpc) is 3.42. The molecule has 0 bridgehead atoms. The average molecular weight is 561 g/mol. The number of fused-ring (bicyclic) bond motifs is 1.